The average molecular weight is 365 g/mol. The van der Waals surface area contributed by atoms with Gasteiger partial charge in [0.15, 0.2) is 0 Å². The molecule has 0 bridgehead atoms. The Morgan fingerprint density at radius 2 is 1.74 bits per heavy atom. The first-order chi connectivity index (χ1) is 13.1. The number of rotatable bonds is 5. The summed E-state index contributed by atoms with van der Waals surface area (Å²) in [5.41, 5.74) is 4.58. The van der Waals surface area contributed by atoms with Gasteiger partial charge in [0.25, 0.3) is 0 Å². The topological polar surface area (TPSA) is 35.5 Å². The van der Waals surface area contributed by atoms with E-state index in [1.54, 1.807) is 0 Å². The number of nitrogens with zero attached hydrogens (tertiary/aromatic N) is 1. The summed E-state index contributed by atoms with van der Waals surface area (Å²) in [6.45, 7) is 5.47. The maximum absolute atomic E-state index is 11.0. The maximum atomic E-state index is 11.0. The number of aliphatic hydroxyl groups is 1. The molecule has 2 N–H and O–H groups in total. The van der Waals surface area contributed by atoms with E-state index >= 15 is 0 Å². The summed E-state index contributed by atoms with van der Waals surface area (Å²) < 4.78 is 0. The quantitative estimate of drug-likeness (QED) is 0.819. The highest BCUT2D eigenvalue weighted by molar-refractivity contribution is 5.56. The highest BCUT2D eigenvalue weighted by Gasteiger charge is 2.34. The van der Waals surface area contributed by atoms with Crippen molar-refractivity contribution in [3.8, 4) is 0 Å². The third kappa shape index (κ3) is 4.20. The van der Waals surface area contributed by atoms with E-state index in [2.05, 4.69) is 47.5 Å². The van der Waals surface area contributed by atoms with E-state index in [0.717, 1.165) is 37.8 Å². The third-order valence-corrected chi connectivity index (χ3v) is 6.39. The molecule has 2 fully saturated rings. The molecule has 3 heteroatoms. The number of hydrogen-bond donors (Lipinski definition) is 2. The Hall–Kier alpha value is -1.84. The van der Waals surface area contributed by atoms with Gasteiger partial charge in [-0.15, -0.1) is 0 Å². The molecule has 1 saturated heterocycles. The zero-order chi connectivity index (χ0) is 18.7. The molecule has 0 amide bonds. The fraction of sp³-hybridized carbons (Fsp3) is 0.500. The third-order valence-electron chi connectivity index (χ3n) is 6.39. The smallest absolute Gasteiger partial charge is 0.0897 e. The predicted octanol–water partition coefficient (Wildman–Crippen LogP) is 4.52. The highest BCUT2D eigenvalue weighted by atomic mass is 16.3. The summed E-state index contributed by atoms with van der Waals surface area (Å²) in [6, 6.07) is 17.5. The first-order valence-corrected chi connectivity index (χ1v) is 10.5. The lowest BCUT2D eigenvalue weighted by Crippen LogP contribution is -2.39. The van der Waals surface area contributed by atoms with Crippen molar-refractivity contribution >= 4 is 5.69 Å². The Kier molecular flexibility index (Phi) is 5.51. The Labute approximate surface area is 163 Å². The fourth-order valence-electron chi connectivity index (χ4n) is 4.67. The van der Waals surface area contributed by atoms with Crippen LogP contribution in [-0.4, -0.2) is 24.2 Å². The van der Waals surface area contributed by atoms with Crippen molar-refractivity contribution in [1.82, 2.24) is 5.32 Å². The molecule has 1 heterocycles. The molecular weight excluding hydrogens is 332 g/mol. The monoisotopic (exact) mass is 364 g/mol. The zero-order valence-electron chi connectivity index (χ0n) is 16.5. The summed E-state index contributed by atoms with van der Waals surface area (Å²) in [6.07, 6.45) is 6.33. The van der Waals surface area contributed by atoms with Crippen LogP contribution in [0.25, 0.3) is 0 Å². The van der Waals surface area contributed by atoms with Crippen molar-refractivity contribution < 1.29 is 5.11 Å². The van der Waals surface area contributed by atoms with E-state index in [0.29, 0.717) is 6.04 Å². The van der Waals surface area contributed by atoms with Gasteiger partial charge in [-0.05, 0) is 68.2 Å². The second-order valence-corrected chi connectivity index (χ2v) is 8.38. The van der Waals surface area contributed by atoms with E-state index in [1.807, 2.05) is 18.2 Å². The summed E-state index contributed by atoms with van der Waals surface area (Å²) >= 11 is 0. The van der Waals surface area contributed by atoms with Crippen LogP contribution in [0.1, 0.15) is 55.2 Å². The molecule has 144 valence electrons. The predicted molar refractivity (Wildman–Crippen MR) is 112 cm³/mol. The first kappa shape index (κ1) is 18.5. The molecule has 2 aromatic rings. The molecule has 1 saturated carbocycles. The molecule has 0 spiro atoms. The number of hydrogen-bond acceptors (Lipinski definition) is 3. The van der Waals surface area contributed by atoms with Crippen LogP contribution in [-0.2, 0) is 12.1 Å². The maximum Gasteiger partial charge on any atom is 0.0897 e. The van der Waals surface area contributed by atoms with Gasteiger partial charge in [0, 0.05) is 31.4 Å². The molecule has 3 nitrogen and oxygen atoms in total. The largest absolute Gasteiger partial charge is 0.385 e. The van der Waals surface area contributed by atoms with Crippen LogP contribution >= 0.6 is 0 Å². The Morgan fingerprint density at radius 3 is 2.44 bits per heavy atom. The van der Waals surface area contributed by atoms with Gasteiger partial charge in [-0.3, -0.25) is 0 Å². The Morgan fingerprint density at radius 1 is 1.04 bits per heavy atom. The van der Waals surface area contributed by atoms with Crippen LogP contribution in [0.2, 0.25) is 0 Å². The van der Waals surface area contributed by atoms with E-state index in [9.17, 15) is 5.11 Å². The molecule has 27 heavy (non-hydrogen) atoms. The van der Waals surface area contributed by atoms with E-state index in [1.165, 1.54) is 42.7 Å². The lowest BCUT2D eigenvalue weighted by atomic mass is 9.78. The number of aryl methyl sites for hydroxylation is 1. The van der Waals surface area contributed by atoms with Crippen LogP contribution in [0.5, 0.6) is 0 Å². The van der Waals surface area contributed by atoms with Crippen molar-refractivity contribution in [2.75, 3.05) is 18.0 Å². The highest BCUT2D eigenvalue weighted by Crippen LogP contribution is 2.37. The molecule has 0 unspecified atom stereocenters. The van der Waals surface area contributed by atoms with Gasteiger partial charge in [0.2, 0.25) is 0 Å². The van der Waals surface area contributed by atoms with Crippen molar-refractivity contribution in [2.45, 2.75) is 63.6 Å². The van der Waals surface area contributed by atoms with Crippen LogP contribution in [0.3, 0.4) is 0 Å². The first-order valence-electron chi connectivity index (χ1n) is 10.5. The minimum Gasteiger partial charge on any atom is -0.385 e. The van der Waals surface area contributed by atoms with Crippen LogP contribution in [0, 0.1) is 6.92 Å². The normalized spacial score (nSPS) is 25.7. The van der Waals surface area contributed by atoms with Gasteiger partial charge in [-0.2, -0.15) is 0 Å². The van der Waals surface area contributed by atoms with E-state index in [4.69, 9.17) is 0 Å². The summed E-state index contributed by atoms with van der Waals surface area (Å²) in [7, 11) is 0. The van der Waals surface area contributed by atoms with Gasteiger partial charge in [0.1, 0.15) is 0 Å². The number of nitrogens with one attached hydrogen (secondary N) is 1. The second kappa shape index (κ2) is 8.04. The lowest BCUT2D eigenvalue weighted by Gasteiger charge is -2.37. The molecule has 1 aliphatic heterocycles. The van der Waals surface area contributed by atoms with E-state index < -0.39 is 5.60 Å². The molecule has 1 aliphatic carbocycles. The minimum absolute atomic E-state index is 0.488. The molecule has 2 aromatic carbocycles. The lowest BCUT2D eigenvalue weighted by molar-refractivity contribution is -0.00846. The number of benzene rings is 2. The van der Waals surface area contributed by atoms with Gasteiger partial charge in [-0.25, -0.2) is 0 Å². The van der Waals surface area contributed by atoms with Crippen LogP contribution in [0.15, 0.2) is 48.5 Å². The van der Waals surface area contributed by atoms with Crippen molar-refractivity contribution in [2.24, 2.45) is 0 Å². The Balaban J connectivity index is 1.37. The molecule has 0 aromatic heterocycles. The van der Waals surface area contributed by atoms with Gasteiger partial charge in [-0.1, -0.05) is 42.5 Å². The van der Waals surface area contributed by atoms with Crippen molar-refractivity contribution in [3.63, 3.8) is 0 Å². The molecular formula is C24H32N2O. The minimum atomic E-state index is -0.649. The zero-order valence-corrected chi connectivity index (χ0v) is 16.5. The summed E-state index contributed by atoms with van der Waals surface area (Å²) in [4.78, 5) is 2.54. The molecule has 2 aliphatic rings. The number of anilines is 1. The Bertz CT molecular complexity index is 744. The average Bonchev–Trinajstić information content (AvgIpc) is 3.24. The van der Waals surface area contributed by atoms with E-state index in [-0.39, 0.29) is 0 Å². The fourth-order valence-corrected chi connectivity index (χ4v) is 4.67. The molecule has 0 atom stereocenters. The van der Waals surface area contributed by atoms with Gasteiger partial charge in [0.05, 0.1) is 5.60 Å². The van der Waals surface area contributed by atoms with Crippen molar-refractivity contribution in [1.29, 1.82) is 0 Å². The summed E-state index contributed by atoms with van der Waals surface area (Å²) in [5.74, 6) is 0. The second-order valence-electron chi connectivity index (χ2n) is 8.38. The molecule has 4 rings (SSSR count). The molecule has 0 radical (unpaired) electrons. The van der Waals surface area contributed by atoms with Gasteiger partial charge < -0.3 is 15.3 Å². The SMILES string of the molecule is Cc1ccc(CNC2CCC(O)(c3ccccc3)CC2)c(N2CCCC2)c1. The van der Waals surface area contributed by atoms with Crippen molar-refractivity contribution in [3.05, 3.63) is 65.2 Å². The summed E-state index contributed by atoms with van der Waals surface area (Å²) in [5, 5.41) is 14.8. The van der Waals surface area contributed by atoms with Gasteiger partial charge >= 0.3 is 0 Å². The van der Waals surface area contributed by atoms with Crippen LogP contribution in [0.4, 0.5) is 5.69 Å². The van der Waals surface area contributed by atoms with Crippen LogP contribution < -0.4 is 10.2 Å². The standard InChI is InChI=1S/C24H32N2O/c1-19-9-10-20(23(17-19)26-15-5-6-16-26)18-25-22-11-13-24(27,14-12-22)21-7-3-2-4-8-21/h2-4,7-10,17,22,25,27H,5-6,11-16,18H2,1H3.